The van der Waals surface area contributed by atoms with Crippen molar-refractivity contribution >= 4 is 37.6 Å². The molecule has 0 bridgehead atoms. The molecule has 0 radical (unpaired) electrons. The average Bonchev–Trinajstić information content (AvgIpc) is 3.35. The van der Waals surface area contributed by atoms with E-state index in [1.807, 2.05) is 0 Å². The second-order valence-corrected chi connectivity index (χ2v) is 20.0. The molecule has 5 atom stereocenters. The van der Waals surface area contributed by atoms with Crippen LogP contribution in [0.3, 0.4) is 0 Å². The number of aromatic hydroxyl groups is 1. The van der Waals surface area contributed by atoms with Gasteiger partial charge in [-0.15, -0.1) is 0 Å². The summed E-state index contributed by atoms with van der Waals surface area (Å²) in [5, 5.41) is 13.2. The van der Waals surface area contributed by atoms with Crippen LogP contribution in [0.5, 0.6) is 5.75 Å². The van der Waals surface area contributed by atoms with Crippen molar-refractivity contribution in [2.75, 3.05) is 11.9 Å². The van der Waals surface area contributed by atoms with Crippen LogP contribution in [0.4, 0.5) is 5.69 Å². The van der Waals surface area contributed by atoms with Crippen molar-refractivity contribution in [3.63, 3.8) is 0 Å². The monoisotopic (exact) mass is 618 g/mol. The first-order valence-corrected chi connectivity index (χ1v) is 20.7. The molecule has 2 aromatic rings. The Balaban J connectivity index is 0.00000101. The molecule has 0 spiro atoms. The van der Waals surface area contributed by atoms with E-state index < -0.39 is 25.1 Å². The minimum atomic E-state index is -2.14. The molecule has 2 aliphatic carbocycles. The first-order valence-electron chi connectivity index (χ1n) is 14.0. The zero-order valence-corrected chi connectivity index (χ0v) is 29.2. The number of fused-ring (bicyclic) bond motifs is 5. The van der Waals surface area contributed by atoms with Crippen LogP contribution in [0.1, 0.15) is 62.8 Å². The van der Waals surface area contributed by atoms with Gasteiger partial charge in [0.15, 0.2) is 0 Å². The second kappa shape index (κ2) is 12.5. The van der Waals surface area contributed by atoms with E-state index in [1.54, 1.807) is 5.56 Å². The molecule has 6 heteroatoms. The summed E-state index contributed by atoms with van der Waals surface area (Å²) in [6, 6.07) is 14.5. The third-order valence-electron chi connectivity index (χ3n) is 9.65. The van der Waals surface area contributed by atoms with Gasteiger partial charge in [-0.1, -0.05) is 106 Å². The van der Waals surface area contributed by atoms with E-state index in [-0.39, 0.29) is 12.8 Å². The maximum atomic E-state index is 11.9. The fraction of sp³-hybridized carbons (Fsp3) is 0.485. The molecular formula is C33H46Cl2NOSiTi-. The summed E-state index contributed by atoms with van der Waals surface area (Å²) in [5.74, 6) is 2.13. The number of benzene rings is 2. The Morgan fingerprint density at radius 2 is 1.54 bits per heavy atom. The van der Waals surface area contributed by atoms with Crippen LogP contribution in [0, 0.1) is 33.1 Å². The molecule has 0 saturated heterocycles. The first kappa shape index (κ1) is 32.5. The molecule has 5 rings (SSSR count). The Morgan fingerprint density at radius 1 is 0.949 bits per heavy atom. The molecule has 5 unspecified atom stereocenters. The number of rotatable bonds is 4. The summed E-state index contributed by atoms with van der Waals surface area (Å²) >= 11 is -0.556. The Kier molecular flexibility index (Phi) is 10.4. The Bertz CT molecular complexity index is 1230. The SMILES string of the molecule is CC[Si](CC)(c1cc(C)cc(C(C)(C)C)c1O)C1C2C=CC=CC2C2C1c1cc(C)ccc1N2C.[CH3-].[Cl][Ti][Cl]. The van der Waals surface area contributed by atoms with Crippen molar-refractivity contribution in [1.29, 1.82) is 0 Å². The van der Waals surface area contributed by atoms with Crippen molar-refractivity contribution in [1.82, 2.24) is 0 Å². The molecule has 1 heterocycles. The summed E-state index contributed by atoms with van der Waals surface area (Å²) in [6.45, 7) is 16.0. The predicted molar refractivity (Wildman–Crippen MR) is 171 cm³/mol. The fourth-order valence-corrected chi connectivity index (χ4v) is 13.9. The van der Waals surface area contributed by atoms with Crippen molar-refractivity contribution in [2.24, 2.45) is 11.8 Å². The first-order chi connectivity index (χ1) is 18.0. The summed E-state index contributed by atoms with van der Waals surface area (Å²) in [4.78, 5) is 2.59. The van der Waals surface area contributed by atoms with E-state index >= 15 is 0 Å². The molecular weight excluding hydrogens is 573 g/mol. The molecule has 3 aliphatic rings. The number of allylic oxidation sites excluding steroid dienone is 3. The maximum absolute atomic E-state index is 11.9. The number of nitrogens with zero attached hydrogens (tertiary/aromatic N) is 1. The number of likely N-dealkylation sites (N-methyl/N-ethyl adjacent to an activating group) is 1. The topological polar surface area (TPSA) is 23.5 Å². The van der Waals surface area contributed by atoms with Gasteiger partial charge >= 0.3 is 35.6 Å². The van der Waals surface area contributed by atoms with Gasteiger partial charge in [0.05, 0.1) is 8.07 Å². The van der Waals surface area contributed by atoms with E-state index in [0.29, 0.717) is 35.1 Å². The van der Waals surface area contributed by atoms with Crippen LogP contribution in [-0.4, -0.2) is 26.3 Å². The van der Waals surface area contributed by atoms with Crippen molar-refractivity contribution in [3.8, 4) is 5.75 Å². The van der Waals surface area contributed by atoms with E-state index in [1.165, 1.54) is 22.0 Å². The van der Waals surface area contributed by atoms with Crippen LogP contribution >= 0.6 is 18.6 Å². The normalized spacial score (nSPS) is 24.8. The summed E-state index contributed by atoms with van der Waals surface area (Å²) in [6.07, 6.45) is 9.56. The predicted octanol–water partition coefficient (Wildman–Crippen LogP) is 9.17. The average molecular weight is 620 g/mol. The van der Waals surface area contributed by atoms with Gasteiger partial charge in [-0.3, -0.25) is 0 Å². The van der Waals surface area contributed by atoms with Gasteiger partial charge in [-0.05, 0) is 53.1 Å². The van der Waals surface area contributed by atoms with Gasteiger partial charge in [0.2, 0.25) is 0 Å². The molecule has 1 aliphatic heterocycles. The Hall–Kier alpha value is -0.969. The zero-order valence-electron chi connectivity index (χ0n) is 25.1. The van der Waals surface area contributed by atoms with Gasteiger partial charge in [0.1, 0.15) is 5.75 Å². The van der Waals surface area contributed by atoms with Crippen molar-refractivity contribution < 1.29 is 22.1 Å². The van der Waals surface area contributed by atoms with Gasteiger partial charge in [0.25, 0.3) is 0 Å². The molecule has 0 amide bonds. The number of phenols is 1. The molecule has 1 fully saturated rings. The number of hydrogen-bond donors (Lipinski definition) is 1. The number of phenolic OH excluding ortho intramolecular Hbond substituents is 1. The second-order valence-electron chi connectivity index (χ2n) is 12.5. The molecule has 39 heavy (non-hydrogen) atoms. The van der Waals surface area contributed by atoms with E-state index in [4.69, 9.17) is 18.6 Å². The Labute approximate surface area is 255 Å². The zero-order chi connectivity index (χ0) is 28.0. The van der Waals surface area contributed by atoms with Crippen molar-refractivity contribution in [3.05, 3.63) is 84.3 Å². The van der Waals surface area contributed by atoms with E-state index in [2.05, 4.69) is 115 Å². The molecule has 212 valence electrons. The number of anilines is 1. The number of aryl methyl sites for hydroxylation is 2. The third kappa shape index (κ3) is 5.48. The Morgan fingerprint density at radius 3 is 2.10 bits per heavy atom. The van der Waals surface area contributed by atoms with Crippen molar-refractivity contribution in [2.45, 2.75) is 83.5 Å². The molecule has 1 saturated carbocycles. The minimum absolute atomic E-state index is 0. The van der Waals surface area contributed by atoms with Crippen LogP contribution in [0.25, 0.3) is 0 Å². The van der Waals surface area contributed by atoms with Crippen LogP contribution < -0.4 is 10.1 Å². The van der Waals surface area contributed by atoms with Gasteiger partial charge in [0, 0.05) is 30.6 Å². The van der Waals surface area contributed by atoms with Crippen LogP contribution in [0.15, 0.2) is 54.6 Å². The third-order valence-corrected chi connectivity index (χ3v) is 15.7. The van der Waals surface area contributed by atoms with Crippen LogP contribution in [0.2, 0.25) is 17.6 Å². The number of halogens is 2. The standard InChI is InChI=1S/C32H43NOSi.CH3.2ClH.Ti/c1-9-35(10-2,27-19-21(4)18-25(30(27)34)32(5,6)7)31-23-14-12-11-13-22(23)29-28(31)24-17-20(3)15-16-26(24)33(29)8;;;;/h11-19,22-23,28-29,31,34H,9-10H2,1-8H3;1H3;2*1H;/q;-1;;;+2/p-2. The summed E-state index contributed by atoms with van der Waals surface area (Å²) in [7, 11) is 9.95. The van der Waals surface area contributed by atoms with Crippen LogP contribution in [-0.2, 0) is 22.4 Å². The van der Waals surface area contributed by atoms with Gasteiger partial charge in [-0.2, -0.15) is 0 Å². The fourth-order valence-electron chi connectivity index (χ4n) is 8.06. The molecule has 1 N–H and O–H groups in total. The molecule has 2 aromatic carbocycles. The number of hydrogen-bond acceptors (Lipinski definition) is 2. The molecule has 0 aromatic heterocycles. The van der Waals surface area contributed by atoms with Gasteiger partial charge in [-0.25, -0.2) is 0 Å². The summed E-state index contributed by atoms with van der Waals surface area (Å²) in [5.41, 5.74) is 7.17. The van der Waals surface area contributed by atoms with Gasteiger partial charge < -0.3 is 17.4 Å². The quantitative estimate of drug-likeness (QED) is 0.273. The summed E-state index contributed by atoms with van der Waals surface area (Å²) < 4.78 is 0. The van der Waals surface area contributed by atoms with E-state index in [9.17, 15) is 5.11 Å². The van der Waals surface area contributed by atoms with E-state index in [0.717, 1.165) is 17.7 Å². The molecule has 2 nitrogen and oxygen atoms in total.